The summed E-state index contributed by atoms with van der Waals surface area (Å²) in [5, 5.41) is 3.58. The lowest BCUT2D eigenvalue weighted by atomic mass is 10.0. The van der Waals surface area contributed by atoms with Crippen LogP contribution in [0.15, 0.2) is 48.5 Å². The molecule has 21 heavy (non-hydrogen) atoms. The Labute approximate surface area is 127 Å². The highest BCUT2D eigenvalue weighted by atomic mass is 16.5. The van der Waals surface area contributed by atoms with E-state index in [1.165, 1.54) is 35.1 Å². The van der Waals surface area contributed by atoms with Crippen LogP contribution in [0.2, 0.25) is 0 Å². The van der Waals surface area contributed by atoms with Gasteiger partial charge >= 0.3 is 0 Å². The smallest absolute Gasteiger partial charge is 0.0716 e. The fraction of sp³-hybridized carbons (Fsp3) is 0.368. The van der Waals surface area contributed by atoms with Crippen molar-refractivity contribution in [2.75, 3.05) is 7.11 Å². The number of rotatable bonds is 7. The Morgan fingerprint density at radius 1 is 0.905 bits per heavy atom. The first-order valence-electron chi connectivity index (χ1n) is 7.72. The number of nitrogens with one attached hydrogen (secondary N) is 1. The summed E-state index contributed by atoms with van der Waals surface area (Å²) < 4.78 is 5.26. The van der Waals surface area contributed by atoms with Crippen LogP contribution in [0.3, 0.4) is 0 Å². The van der Waals surface area contributed by atoms with Crippen LogP contribution in [0.5, 0.6) is 0 Å². The fourth-order valence-corrected chi connectivity index (χ4v) is 2.85. The molecule has 2 aromatic rings. The van der Waals surface area contributed by atoms with Crippen molar-refractivity contribution in [3.8, 4) is 0 Å². The SMILES string of the molecule is COCc1ccccc1CNCc1ccccc1C1CC1. The zero-order valence-electron chi connectivity index (χ0n) is 12.6. The third-order valence-corrected chi connectivity index (χ3v) is 4.12. The molecule has 2 nitrogen and oxygen atoms in total. The summed E-state index contributed by atoms with van der Waals surface area (Å²) in [6.07, 6.45) is 2.71. The Hall–Kier alpha value is -1.64. The molecule has 3 rings (SSSR count). The average Bonchev–Trinajstić information content (AvgIpc) is 3.34. The van der Waals surface area contributed by atoms with Gasteiger partial charge in [0.1, 0.15) is 0 Å². The van der Waals surface area contributed by atoms with Crippen LogP contribution in [0, 0.1) is 0 Å². The monoisotopic (exact) mass is 281 g/mol. The lowest BCUT2D eigenvalue weighted by molar-refractivity contribution is 0.184. The highest BCUT2D eigenvalue weighted by Gasteiger charge is 2.25. The quantitative estimate of drug-likeness (QED) is 0.828. The number of methoxy groups -OCH3 is 1. The maximum atomic E-state index is 5.26. The van der Waals surface area contributed by atoms with Gasteiger partial charge in [-0.05, 0) is 41.0 Å². The molecule has 1 N–H and O–H groups in total. The molecule has 2 heteroatoms. The third-order valence-electron chi connectivity index (χ3n) is 4.12. The molecule has 0 unspecified atom stereocenters. The minimum absolute atomic E-state index is 0.677. The van der Waals surface area contributed by atoms with Crippen molar-refractivity contribution in [3.63, 3.8) is 0 Å². The van der Waals surface area contributed by atoms with Gasteiger partial charge in [-0.2, -0.15) is 0 Å². The molecular weight excluding hydrogens is 258 g/mol. The van der Waals surface area contributed by atoms with Gasteiger partial charge in [0.15, 0.2) is 0 Å². The van der Waals surface area contributed by atoms with E-state index in [2.05, 4.69) is 53.8 Å². The summed E-state index contributed by atoms with van der Waals surface area (Å²) in [7, 11) is 1.75. The highest BCUT2D eigenvalue weighted by molar-refractivity contribution is 5.33. The lowest BCUT2D eigenvalue weighted by Crippen LogP contribution is -2.15. The molecule has 1 aliphatic carbocycles. The van der Waals surface area contributed by atoms with E-state index >= 15 is 0 Å². The Kier molecular flexibility index (Phi) is 4.69. The molecule has 1 fully saturated rings. The normalized spacial score (nSPS) is 14.3. The summed E-state index contributed by atoms with van der Waals surface area (Å²) in [5.74, 6) is 0.809. The van der Waals surface area contributed by atoms with Gasteiger partial charge in [0, 0.05) is 20.2 Å². The molecule has 0 saturated heterocycles. The van der Waals surface area contributed by atoms with Crippen molar-refractivity contribution in [2.45, 2.75) is 38.5 Å². The number of benzene rings is 2. The topological polar surface area (TPSA) is 21.3 Å². The number of hydrogen-bond donors (Lipinski definition) is 1. The molecule has 1 saturated carbocycles. The number of ether oxygens (including phenoxy) is 1. The molecule has 0 atom stereocenters. The van der Waals surface area contributed by atoms with Crippen LogP contribution in [0.25, 0.3) is 0 Å². The summed E-state index contributed by atoms with van der Waals surface area (Å²) >= 11 is 0. The molecule has 0 amide bonds. The van der Waals surface area contributed by atoms with E-state index in [0.717, 1.165) is 19.0 Å². The average molecular weight is 281 g/mol. The predicted molar refractivity (Wildman–Crippen MR) is 86.1 cm³/mol. The Morgan fingerprint density at radius 2 is 1.52 bits per heavy atom. The van der Waals surface area contributed by atoms with Crippen molar-refractivity contribution >= 4 is 0 Å². The van der Waals surface area contributed by atoms with Crippen LogP contribution in [0.4, 0.5) is 0 Å². The zero-order valence-corrected chi connectivity index (χ0v) is 12.6. The zero-order chi connectivity index (χ0) is 14.5. The fourth-order valence-electron chi connectivity index (χ4n) is 2.85. The van der Waals surface area contributed by atoms with E-state index in [-0.39, 0.29) is 0 Å². The molecule has 0 spiro atoms. The molecule has 2 aromatic carbocycles. The van der Waals surface area contributed by atoms with Crippen molar-refractivity contribution in [3.05, 3.63) is 70.8 Å². The Bertz CT molecular complexity index is 590. The van der Waals surface area contributed by atoms with Crippen LogP contribution in [-0.2, 0) is 24.4 Å². The molecular formula is C19H23NO. The van der Waals surface area contributed by atoms with E-state index in [4.69, 9.17) is 4.74 Å². The van der Waals surface area contributed by atoms with Crippen molar-refractivity contribution in [1.82, 2.24) is 5.32 Å². The Balaban J connectivity index is 1.61. The van der Waals surface area contributed by atoms with E-state index in [1.807, 2.05) is 0 Å². The van der Waals surface area contributed by atoms with E-state index in [0.29, 0.717) is 6.61 Å². The second-order valence-electron chi connectivity index (χ2n) is 5.78. The van der Waals surface area contributed by atoms with Gasteiger partial charge in [-0.25, -0.2) is 0 Å². The van der Waals surface area contributed by atoms with Crippen LogP contribution in [-0.4, -0.2) is 7.11 Å². The third kappa shape index (κ3) is 3.72. The first-order valence-corrected chi connectivity index (χ1v) is 7.72. The maximum absolute atomic E-state index is 5.26. The molecule has 0 aliphatic heterocycles. The van der Waals surface area contributed by atoms with Gasteiger partial charge in [0.25, 0.3) is 0 Å². The second-order valence-corrected chi connectivity index (χ2v) is 5.78. The Morgan fingerprint density at radius 3 is 2.24 bits per heavy atom. The van der Waals surface area contributed by atoms with Crippen LogP contribution in [0.1, 0.15) is 41.0 Å². The van der Waals surface area contributed by atoms with Gasteiger partial charge in [-0.15, -0.1) is 0 Å². The van der Waals surface area contributed by atoms with Crippen LogP contribution < -0.4 is 5.32 Å². The van der Waals surface area contributed by atoms with E-state index in [1.54, 1.807) is 7.11 Å². The molecule has 1 aliphatic rings. The predicted octanol–water partition coefficient (Wildman–Crippen LogP) is 4.00. The van der Waals surface area contributed by atoms with Gasteiger partial charge in [0.05, 0.1) is 6.61 Å². The van der Waals surface area contributed by atoms with Crippen molar-refractivity contribution in [2.24, 2.45) is 0 Å². The van der Waals surface area contributed by atoms with Gasteiger partial charge in [-0.1, -0.05) is 48.5 Å². The number of hydrogen-bond acceptors (Lipinski definition) is 2. The molecule has 0 aromatic heterocycles. The lowest BCUT2D eigenvalue weighted by Gasteiger charge is -2.12. The second kappa shape index (κ2) is 6.88. The minimum atomic E-state index is 0.677. The largest absolute Gasteiger partial charge is 0.380 e. The summed E-state index contributed by atoms with van der Waals surface area (Å²) in [6.45, 7) is 2.50. The minimum Gasteiger partial charge on any atom is -0.380 e. The van der Waals surface area contributed by atoms with Gasteiger partial charge in [-0.3, -0.25) is 0 Å². The first kappa shape index (κ1) is 14.3. The maximum Gasteiger partial charge on any atom is 0.0716 e. The summed E-state index contributed by atoms with van der Waals surface area (Å²) in [5.41, 5.74) is 5.57. The summed E-state index contributed by atoms with van der Waals surface area (Å²) in [4.78, 5) is 0. The summed E-state index contributed by atoms with van der Waals surface area (Å²) in [6, 6.07) is 17.3. The molecule has 0 heterocycles. The van der Waals surface area contributed by atoms with Gasteiger partial charge < -0.3 is 10.1 Å². The van der Waals surface area contributed by atoms with E-state index < -0.39 is 0 Å². The standard InChI is InChI=1S/C19H23NO/c1-21-14-18-8-3-2-6-16(18)12-20-13-17-7-4-5-9-19(17)15-10-11-15/h2-9,15,20H,10-14H2,1H3. The highest BCUT2D eigenvalue weighted by Crippen LogP contribution is 2.41. The molecule has 0 bridgehead atoms. The van der Waals surface area contributed by atoms with Crippen molar-refractivity contribution < 1.29 is 4.74 Å². The molecule has 0 radical (unpaired) electrons. The van der Waals surface area contributed by atoms with E-state index in [9.17, 15) is 0 Å². The van der Waals surface area contributed by atoms with Crippen LogP contribution >= 0.6 is 0 Å². The van der Waals surface area contributed by atoms with Gasteiger partial charge in [0.2, 0.25) is 0 Å². The van der Waals surface area contributed by atoms with Crippen molar-refractivity contribution in [1.29, 1.82) is 0 Å². The molecule has 110 valence electrons. The first-order chi connectivity index (χ1) is 10.4.